The summed E-state index contributed by atoms with van der Waals surface area (Å²) in [4.78, 5) is 12.4. The molecule has 0 aliphatic rings. The van der Waals surface area contributed by atoms with E-state index in [2.05, 4.69) is 23.5 Å². The van der Waals surface area contributed by atoms with Gasteiger partial charge in [0.25, 0.3) is 5.56 Å². The lowest BCUT2D eigenvalue weighted by atomic mass is 10.0. The minimum Gasteiger partial charge on any atom is -0.319 e. The van der Waals surface area contributed by atoms with Gasteiger partial charge in [0.1, 0.15) is 0 Å². The molecule has 1 aromatic heterocycles. The van der Waals surface area contributed by atoms with Gasteiger partial charge < -0.3 is 9.88 Å². The molecule has 3 heteroatoms. The molecule has 2 aromatic rings. The Morgan fingerprint density at radius 1 is 1.28 bits per heavy atom. The Morgan fingerprint density at radius 2 is 2.00 bits per heavy atom. The van der Waals surface area contributed by atoms with E-state index in [0.717, 1.165) is 29.6 Å². The molecule has 18 heavy (non-hydrogen) atoms. The van der Waals surface area contributed by atoms with Gasteiger partial charge in [-0.2, -0.15) is 0 Å². The highest BCUT2D eigenvalue weighted by atomic mass is 16.1. The summed E-state index contributed by atoms with van der Waals surface area (Å²) in [6, 6.07) is 6.29. The number of hydrogen-bond acceptors (Lipinski definition) is 2. The van der Waals surface area contributed by atoms with Crippen LogP contribution in [-0.2, 0) is 13.5 Å². The predicted molar refractivity (Wildman–Crippen MR) is 76.3 cm³/mol. The molecule has 96 valence electrons. The summed E-state index contributed by atoms with van der Waals surface area (Å²) in [6.07, 6.45) is 0.777. The summed E-state index contributed by atoms with van der Waals surface area (Å²) in [5.74, 6) is 0. The Hall–Kier alpha value is -1.61. The van der Waals surface area contributed by atoms with Crippen molar-refractivity contribution in [2.45, 2.75) is 20.3 Å². The summed E-state index contributed by atoms with van der Waals surface area (Å²) < 4.78 is 1.76. The van der Waals surface area contributed by atoms with Crippen LogP contribution in [0, 0.1) is 13.8 Å². The van der Waals surface area contributed by atoms with Crippen molar-refractivity contribution < 1.29 is 0 Å². The number of fused-ring (bicyclic) bond motifs is 1. The maximum atomic E-state index is 12.4. The fourth-order valence-corrected chi connectivity index (χ4v) is 2.42. The molecule has 0 atom stereocenters. The van der Waals surface area contributed by atoms with Gasteiger partial charge >= 0.3 is 0 Å². The SMILES string of the molecule is CNCCc1c(C)c2ccc(C)cc2n(C)c1=O. The first-order chi connectivity index (χ1) is 8.56. The minimum atomic E-state index is 0.126. The van der Waals surface area contributed by atoms with Crippen LogP contribution in [0.2, 0.25) is 0 Å². The first-order valence-electron chi connectivity index (χ1n) is 6.29. The average molecular weight is 244 g/mol. The molecule has 0 aliphatic carbocycles. The Balaban J connectivity index is 2.75. The number of hydrogen-bond donors (Lipinski definition) is 1. The first kappa shape index (κ1) is 12.8. The number of benzene rings is 1. The van der Waals surface area contributed by atoms with Gasteiger partial charge in [-0.25, -0.2) is 0 Å². The third-order valence-electron chi connectivity index (χ3n) is 3.56. The fraction of sp³-hybridized carbons (Fsp3) is 0.400. The largest absolute Gasteiger partial charge is 0.319 e. The number of nitrogens with one attached hydrogen (secondary N) is 1. The van der Waals surface area contributed by atoms with Crippen molar-refractivity contribution in [1.29, 1.82) is 0 Å². The van der Waals surface area contributed by atoms with Gasteiger partial charge in [-0.05, 0) is 51.1 Å². The Kier molecular flexibility index (Phi) is 3.53. The van der Waals surface area contributed by atoms with E-state index in [-0.39, 0.29) is 5.56 Å². The molecule has 0 spiro atoms. The van der Waals surface area contributed by atoms with E-state index < -0.39 is 0 Å². The van der Waals surface area contributed by atoms with Crippen molar-refractivity contribution in [3.8, 4) is 0 Å². The third kappa shape index (κ3) is 2.06. The molecule has 0 unspecified atom stereocenters. The standard InChI is InChI=1S/C15H20N2O/c1-10-5-6-12-11(2)13(7-8-16-3)15(18)17(4)14(12)9-10/h5-6,9,16H,7-8H2,1-4H3. The van der Waals surface area contributed by atoms with Crippen LogP contribution in [0.25, 0.3) is 10.9 Å². The molecule has 1 N–H and O–H groups in total. The van der Waals surface area contributed by atoms with Crippen molar-refractivity contribution >= 4 is 10.9 Å². The fourth-order valence-electron chi connectivity index (χ4n) is 2.42. The van der Waals surface area contributed by atoms with Gasteiger partial charge in [-0.15, -0.1) is 0 Å². The Morgan fingerprint density at radius 3 is 2.67 bits per heavy atom. The number of likely N-dealkylation sites (N-methyl/N-ethyl adjacent to an activating group) is 1. The molecule has 3 nitrogen and oxygen atoms in total. The van der Waals surface area contributed by atoms with Gasteiger partial charge in [0.15, 0.2) is 0 Å². The summed E-state index contributed by atoms with van der Waals surface area (Å²) in [5, 5.41) is 4.27. The molecule has 0 amide bonds. The Bertz CT molecular complexity index is 641. The molecule has 0 saturated carbocycles. The Labute approximate surface area is 107 Å². The quantitative estimate of drug-likeness (QED) is 0.895. The molecule has 2 rings (SSSR count). The molecule has 0 saturated heterocycles. The number of rotatable bonds is 3. The number of aryl methyl sites for hydroxylation is 3. The highest BCUT2D eigenvalue weighted by Crippen LogP contribution is 2.20. The van der Waals surface area contributed by atoms with Crippen LogP contribution < -0.4 is 10.9 Å². The summed E-state index contributed by atoms with van der Waals surface area (Å²) >= 11 is 0. The molecule has 1 heterocycles. The second-order valence-electron chi connectivity index (χ2n) is 4.84. The number of nitrogens with zero attached hydrogens (tertiary/aromatic N) is 1. The van der Waals surface area contributed by atoms with Gasteiger partial charge in [-0.3, -0.25) is 4.79 Å². The van der Waals surface area contributed by atoms with Crippen molar-refractivity contribution in [2.75, 3.05) is 13.6 Å². The van der Waals surface area contributed by atoms with E-state index in [1.807, 2.05) is 27.9 Å². The monoisotopic (exact) mass is 244 g/mol. The van der Waals surface area contributed by atoms with Crippen LogP contribution in [-0.4, -0.2) is 18.2 Å². The topological polar surface area (TPSA) is 34.0 Å². The van der Waals surface area contributed by atoms with Crippen molar-refractivity contribution in [2.24, 2.45) is 7.05 Å². The van der Waals surface area contributed by atoms with E-state index >= 15 is 0 Å². The zero-order valence-electron chi connectivity index (χ0n) is 11.5. The summed E-state index contributed by atoms with van der Waals surface area (Å²) in [7, 11) is 3.76. The van der Waals surface area contributed by atoms with E-state index in [0.29, 0.717) is 0 Å². The highest BCUT2D eigenvalue weighted by Gasteiger charge is 2.11. The van der Waals surface area contributed by atoms with E-state index in [4.69, 9.17) is 0 Å². The minimum absolute atomic E-state index is 0.126. The molecule has 0 radical (unpaired) electrons. The van der Waals surface area contributed by atoms with Gasteiger partial charge in [0, 0.05) is 18.0 Å². The van der Waals surface area contributed by atoms with Gasteiger partial charge in [0.2, 0.25) is 0 Å². The lowest BCUT2D eigenvalue weighted by molar-refractivity contribution is 0.768. The van der Waals surface area contributed by atoms with Crippen LogP contribution >= 0.6 is 0 Å². The van der Waals surface area contributed by atoms with Crippen molar-refractivity contribution in [3.63, 3.8) is 0 Å². The first-order valence-corrected chi connectivity index (χ1v) is 6.29. The summed E-state index contributed by atoms with van der Waals surface area (Å²) in [6.45, 7) is 4.92. The smallest absolute Gasteiger partial charge is 0.254 e. The lowest BCUT2D eigenvalue weighted by Crippen LogP contribution is -2.25. The van der Waals surface area contributed by atoms with E-state index in [9.17, 15) is 4.79 Å². The van der Waals surface area contributed by atoms with E-state index in [1.54, 1.807) is 4.57 Å². The van der Waals surface area contributed by atoms with E-state index in [1.165, 1.54) is 10.9 Å². The zero-order valence-corrected chi connectivity index (χ0v) is 11.5. The maximum Gasteiger partial charge on any atom is 0.254 e. The lowest BCUT2D eigenvalue weighted by Gasteiger charge is -2.13. The zero-order chi connectivity index (χ0) is 13.3. The number of pyridine rings is 1. The second kappa shape index (κ2) is 4.94. The maximum absolute atomic E-state index is 12.4. The molecule has 0 aliphatic heterocycles. The predicted octanol–water partition coefficient (Wildman–Crippen LogP) is 1.92. The number of aromatic nitrogens is 1. The van der Waals surface area contributed by atoms with Crippen LogP contribution in [0.15, 0.2) is 23.0 Å². The molecule has 0 fully saturated rings. The third-order valence-corrected chi connectivity index (χ3v) is 3.56. The average Bonchev–Trinajstić information content (AvgIpc) is 2.36. The van der Waals surface area contributed by atoms with Crippen LogP contribution in [0.1, 0.15) is 16.7 Å². The molecular formula is C15H20N2O. The molecule has 1 aromatic carbocycles. The van der Waals surface area contributed by atoms with Crippen LogP contribution in [0.4, 0.5) is 0 Å². The van der Waals surface area contributed by atoms with Gasteiger partial charge in [0.05, 0.1) is 5.52 Å². The summed E-state index contributed by atoms with van der Waals surface area (Å²) in [5.41, 5.74) is 4.36. The van der Waals surface area contributed by atoms with Crippen LogP contribution in [0.3, 0.4) is 0 Å². The molecular weight excluding hydrogens is 224 g/mol. The highest BCUT2D eigenvalue weighted by molar-refractivity contribution is 5.84. The van der Waals surface area contributed by atoms with Gasteiger partial charge in [-0.1, -0.05) is 12.1 Å². The van der Waals surface area contributed by atoms with Crippen molar-refractivity contribution in [1.82, 2.24) is 9.88 Å². The molecule has 0 bridgehead atoms. The van der Waals surface area contributed by atoms with Crippen LogP contribution in [0.5, 0.6) is 0 Å². The second-order valence-corrected chi connectivity index (χ2v) is 4.84. The van der Waals surface area contributed by atoms with Crippen molar-refractivity contribution in [3.05, 3.63) is 45.2 Å². The normalized spacial score (nSPS) is 11.1.